The number of benzene rings is 3. The Morgan fingerprint density at radius 2 is 1.55 bits per heavy atom. The second-order valence-corrected chi connectivity index (χ2v) is 5.41. The Labute approximate surface area is 126 Å². The van der Waals surface area contributed by atoms with Crippen molar-refractivity contribution in [3.8, 4) is 11.1 Å². The molecule has 0 spiro atoms. The van der Waals surface area contributed by atoms with E-state index in [1.807, 2.05) is 42.5 Å². The predicted octanol–water partition coefficient (Wildman–Crippen LogP) is 3.38. The van der Waals surface area contributed by atoms with Crippen molar-refractivity contribution >= 4 is 22.3 Å². The summed E-state index contributed by atoms with van der Waals surface area (Å²) in [7, 11) is 0. The molecule has 0 saturated heterocycles. The van der Waals surface area contributed by atoms with Crippen LogP contribution in [0.25, 0.3) is 21.9 Å². The summed E-state index contributed by atoms with van der Waals surface area (Å²) in [5.74, 6) is -0.868. The SMILES string of the molecule is O=C1C(=O)c2c(-c3ccc(CO)cc3)ccc3cccc1c23. The lowest BCUT2D eigenvalue weighted by Crippen LogP contribution is -2.07. The Kier molecular flexibility index (Phi) is 2.71. The number of aliphatic hydroxyl groups excluding tert-OH is 1. The van der Waals surface area contributed by atoms with Gasteiger partial charge in [0.1, 0.15) is 0 Å². The van der Waals surface area contributed by atoms with E-state index in [0.29, 0.717) is 11.1 Å². The van der Waals surface area contributed by atoms with Gasteiger partial charge in [0.25, 0.3) is 0 Å². The third-order valence-corrected chi connectivity index (χ3v) is 4.17. The van der Waals surface area contributed by atoms with Crippen LogP contribution >= 0.6 is 0 Å². The topological polar surface area (TPSA) is 54.4 Å². The van der Waals surface area contributed by atoms with Gasteiger partial charge >= 0.3 is 0 Å². The molecule has 0 amide bonds. The number of rotatable bonds is 2. The zero-order valence-corrected chi connectivity index (χ0v) is 11.7. The molecule has 3 heteroatoms. The van der Waals surface area contributed by atoms with E-state index >= 15 is 0 Å². The van der Waals surface area contributed by atoms with Crippen molar-refractivity contribution in [2.45, 2.75) is 6.61 Å². The van der Waals surface area contributed by atoms with E-state index in [2.05, 4.69) is 0 Å². The number of hydrogen-bond acceptors (Lipinski definition) is 3. The minimum absolute atomic E-state index is 0.0214. The molecule has 0 radical (unpaired) electrons. The van der Waals surface area contributed by atoms with Crippen LogP contribution in [-0.4, -0.2) is 16.7 Å². The van der Waals surface area contributed by atoms with Crippen LogP contribution in [0.1, 0.15) is 26.3 Å². The van der Waals surface area contributed by atoms with Gasteiger partial charge in [-0.3, -0.25) is 9.59 Å². The monoisotopic (exact) mass is 288 g/mol. The van der Waals surface area contributed by atoms with E-state index in [-0.39, 0.29) is 6.61 Å². The maximum atomic E-state index is 12.4. The molecule has 3 nitrogen and oxygen atoms in total. The normalized spacial score (nSPS) is 13.1. The summed E-state index contributed by atoms with van der Waals surface area (Å²) in [6.45, 7) is -0.0214. The molecule has 0 aliphatic heterocycles. The van der Waals surface area contributed by atoms with Gasteiger partial charge < -0.3 is 5.11 Å². The molecule has 0 atom stereocenters. The number of carbonyl (C=O) groups excluding carboxylic acids is 2. The molecule has 1 aliphatic rings. The van der Waals surface area contributed by atoms with Gasteiger partial charge in [0.15, 0.2) is 0 Å². The maximum Gasteiger partial charge on any atom is 0.234 e. The van der Waals surface area contributed by atoms with Crippen LogP contribution in [0.5, 0.6) is 0 Å². The largest absolute Gasteiger partial charge is 0.392 e. The Bertz CT molecular complexity index is 937. The van der Waals surface area contributed by atoms with Gasteiger partial charge in [-0.2, -0.15) is 0 Å². The smallest absolute Gasteiger partial charge is 0.234 e. The first kappa shape index (κ1) is 12.9. The molecule has 4 rings (SSSR count). The standard InChI is InChI=1S/C19H12O3/c20-10-11-4-6-12(7-5-11)14-9-8-13-2-1-3-15-16(13)17(14)19(22)18(15)21/h1-9,20H,10H2. The second kappa shape index (κ2) is 4.61. The van der Waals surface area contributed by atoms with Crippen LogP contribution in [0.15, 0.2) is 54.6 Å². The van der Waals surface area contributed by atoms with Crippen molar-refractivity contribution < 1.29 is 14.7 Å². The average molecular weight is 288 g/mol. The highest BCUT2D eigenvalue weighted by molar-refractivity contribution is 6.58. The lowest BCUT2D eigenvalue weighted by Gasteiger charge is -2.08. The summed E-state index contributed by atoms with van der Waals surface area (Å²) in [6, 6.07) is 16.6. The van der Waals surface area contributed by atoms with E-state index < -0.39 is 11.6 Å². The Balaban J connectivity index is 2.02. The van der Waals surface area contributed by atoms with Crippen molar-refractivity contribution in [2.24, 2.45) is 0 Å². The summed E-state index contributed by atoms with van der Waals surface area (Å²) in [4.78, 5) is 24.6. The Morgan fingerprint density at radius 3 is 2.27 bits per heavy atom. The molecule has 3 aromatic rings. The fraction of sp³-hybridized carbons (Fsp3) is 0.0526. The van der Waals surface area contributed by atoms with Crippen LogP contribution < -0.4 is 0 Å². The summed E-state index contributed by atoms with van der Waals surface area (Å²) >= 11 is 0. The zero-order valence-electron chi connectivity index (χ0n) is 11.7. The summed E-state index contributed by atoms with van der Waals surface area (Å²) in [6.07, 6.45) is 0. The third kappa shape index (κ3) is 1.66. The minimum atomic E-state index is -0.437. The second-order valence-electron chi connectivity index (χ2n) is 5.41. The van der Waals surface area contributed by atoms with Crippen LogP contribution in [0.2, 0.25) is 0 Å². The molecule has 0 aromatic heterocycles. The van der Waals surface area contributed by atoms with Gasteiger partial charge in [-0.15, -0.1) is 0 Å². The van der Waals surface area contributed by atoms with Crippen molar-refractivity contribution in [2.75, 3.05) is 0 Å². The predicted molar refractivity (Wildman–Crippen MR) is 84.0 cm³/mol. The lowest BCUT2D eigenvalue weighted by atomic mass is 9.94. The van der Waals surface area contributed by atoms with Gasteiger partial charge in [-0.05, 0) is 22.1 Å². The first-order chi connectivity index (χ1) is 10.7. The van der Waals surface area contributed by atoms with Crippen molar-refractivity contribution in [1.29, 1.82) is 0 Å². The van der Waals surface area contributed by atoms with Gasteiger partial charge in [0.05, 0.1) is 6.61 Å². The van der Waals surface area contributed by atoms with E-state index in [1.54, 1.807) is 12.1 Å². The van der Waals surface area contributed by atoms with Crippen LogP contribution in [0, 0.1) is 0 Å². The molecule has 0 fully saturated rings. The summed E-state index contributed by atoms with van der Waals surface area (Å²) < 4.78 is 0. The zero-order chi connectivity index (χ0) is 15.3. The fourth-order valence-electron chi connectivity index (χ4n) is 3.07. The van der Waals surface area contributed by atoms with E-state index in [1.165, 1.54) is 0 Å². The fourth-order valence-corrected chi connectivity index (χ4v) is 3.07. The molecule has 0 saturated carbocycles. The summed E-state index contributed by atoms with van der Waals surface area (Å²) in [5, 5.41) is 10.8. The van der Waals surface area contributed by atoms with Gasteiger partial charge in [-0.25, -0.2) is 0 Å². The molecular formula is C19H12O3. The van der Waals surface area contributed by atoms with Crippen LogP contribution in [0.4, 0.5) is 0 Å². The van der Waals surface area contributed by atoms with E-state index in [0.717, 1.165) is 27.5 Å². The van der Waals surface area contributed by atoms with E-state index in [9.17, 15) is 9.59 Å². The molecule has 0 bridgehead atoms. The van der Waals surface area contributed by atoms with Crippen molar-refractivity contribution in [3.63, 3.8) is 0 Å². The van der Waals surface area contributed by atoms with Crippen LogP contribution in [0.3, 0.4) is 0 Å². The van der Waals surface area contributed by atoms with Crippen molar-refractivity contribution in [1.82, 2.24) is 0 Å². The number of ketones is 2. The number of aliphatic hydroxyl groups is 1. The molecule has 0 heterocycles. The molecule has 1 N–H and O–H groups in total. The maximum absolute atomic E-state index is 12.4. The van der Waals surface area contributed by atoms with Crippen LogP contribution in [-0.2, 0) is 6.61 Å². The molecule has 3 aromatic carbocycles. The van der Waals surface area contributed by atoms with Gasteiger partial charge in [-0.1, -0.05) is 54.6 Å². The summed E-state index contributed by atoms with van der Waals surface area (Å²) in [5.41, 5.74) is 3.43. The Hall–Kier alpha value is -2.78. The number of carbonyl (C=O) groups is 2. The first-order valence-electron chi connectivity index (χ1n) is 7.05. The highest BCUT2D eigenvalue weighted by Gasteiger charge is 2.32. The van der Waals surface area contributed by atoms with Gasteiger partial charge in [0, 0.05) is 16.5 Å². The highest BCUT2D eigenvalue weighted by Crippen LogP contribution is 2.37. The molecule has 106 valence electrons. The quantitative estimate of drug-likeness (QED) is 0.735. The van der Waals surface area contributed by atoms with E-state index in [4.69, 9.17) is 5.11 Å². The average Bonchev–Trinajstić information content (AvgIpc) is 2.83. The molecule has 1 aliphatic carbocycles. The Morgan fingerprint density at radius 1 is 0.773 bits per heavy atom. The molecular weight excluding hydrogens is 276 g/mol. The number of hydrogen-bond donors (Lipinski definition) is 1. The first-order valence-corrected chi connectivity index (χ1v) is 7.05. The van der Waals surface area contributed by atoms with Crippen molar-refractivity contribution in [3.05, 3.63) is 71.3 Å². The third-order valence-electron chi connectivity index (χ3n) is 4.17. The molecule has 0 unspecified atom stereocenters. The highest BCUT2D eigenvalue weighted by atomic mass is 16.3. The number of Topliss-reactive ketones (excluding diaryl/α,β-unsaturated/α-hetero) is 2. The van der Waals surface area contributed by atoms with Gasteiger partial charge in [0.2, 0.25) is 11.6 Å². The molecule has 22 heavy (non-hydrogen) atoms. The lowest BCUT2D eigenvalue weighted by molar-refractivity contribution is 0.0825. The minimum Gasteiger partial charge on any atom is -0.392 e.